The number of carbonyl (C=O) groups is 1. The molecule has 1 fully saturated rings. The van der Waals surface area contributed by atoms with Crippen molar-refractivity contribution in [1.29, 1.82) is 5.26 Å². The fourth-order valence-corrected chi connectivity index (χ4v) is 1.42. The van der Waals surface area contributed by atoms with Crippen LogP contribution in [0.25, 0.3) is 0 Å². The number of likely N-dealkylation sites (tertiary alicyclic amines) is 1. The van der Waals surface area contributed by atoms with Crippen molar-refractivity contribution in [2.45, 2.75) is 19.3 Å². The number of rotatable bonds is 2. The Morgan fingerprint density at radius 2 is 2.46 bits per heavy atom. The largest absolute Gasteiger partial charge is 0.368 e. The van der Waals surface area contributed by atoms with E-state index in [2.05, 4.69) is 4.99 Å². The minimum Gasteiger partial charge on any atom is -0.368 e. The van der Waals surface area contributed by atoms with Crippen molar-refractivity contribution < 1.29 is 4.79 Å². The fraction of sp³-hybridized carbons (Fsp3) is 0.625. The second-order valence-corrected chi connectivity index (χ2v) is 2.97. The van der Waals surface area contributed by atoms with Crippen molar-refractivity contribution in [2.75, 3.05) is 13.1 Å². The van der Waals surface area contributed by atoms with Crippen molar-refractivity contribution in [3.8, 4) is 6.19 Å². The summed E-state index contributed by atoms with van der Waals surface area (Å²) < 4.78 is 0. The minimum absolute atomic E-state index is 0.167. The molecule has 1 aliphatic rings. The third-order valence-electron chi connectivity index (χ3n) is 1.97. The molecular formula is C8H12N4O. The first-order chi connectivity index (χ1) is 6.24. The van der Waals surface area contributed by atoms with Gasteiger partial charge in [0.05, 0.1) is 6.54 Å². The summed E-state index contributed by atoms with van der Waals surface area (Å²) >= 11 is 0. The Hall–Kier alpha value is -1.57. The van der Waals surface area contributed by atoms with Gasteiger partial charge in [-0.3, -0.25) is 4.79 Å². The molecule has 0 bridgehead atoms. The zero-order valence-corrected chi connectivity index (χ0v) is 7.36. The average molecular weight is 180 g/mol. The third-order valence-corrected chi connectivity index (χ3v) is 1.97. The molecule has 0 unspecified atom stereocenters. The number of hydrogen-bond donors (Lipinski definition) is 1. The predicted octanol–water partition coefficient (Wildman–Crippen LogP) is -0.163. The van der Waals surface area contributed by atoms with Gasteiger partial charge in [-0.05, 0) is 12.8 Å². The highest BCUT2D eigenvalue weighted by Gasteiger charge is 2.17. The van der Waals surface area contributed by atoms with Gasteiger partial charge < -0.3 is 10.6 Å². The molecule has 70 valence electrons. The summed E-state index contributed by atoms with van der Waals surface area (Å²) in [6.45, 7) is 0.934. The number of amides is 1. The highest BCUT2D eigenvalue weighted by atomic mass is 16.1. The van der Waals surface area contributed by atoms with E-state index >= 15 is 0 Å². The van der Waals surface area contributed by atoms with Crippen LogP contribution in [0.5, 0.6) is 0 Å². The predicted molar refractivity (Wildman–Crippen MR) is 47.7 cm³/mol. The van der Waals surface area contributed by atoms with Gasteiger partial charge in [0.15, 0.2) is 0 Å². The van der Waals surface area contributed by atoms with Crippen LogP contribution in [-0.4, -0.2) is 29.7 Å². The number of nitrogens with zero attached hydrogens (tertiary/aromatic N) is 3. The normalized spacial score (nSPS) is 19.9. The Kier molecular flexibility index (Phi) is 3.26. The van der Waals surface area contributed by atoms with Gasteiger partial charge in [0.1, 0.15) is 5.84 Å². The van der Waals surface area contributed by atoms with Gasteiger partial charge in [0.2, 0.25) is 12.1 Å². The van der Waals surface area contributed by atoms with Crippen molar-refractivity contribution in [3.63, 3.8) is 0 Å². The Morgan fingerprint density at radius 1 is 1.69 bits per heavy atom. The first kappa shape index (κ1) is 9.52. The maximum absolute atomic E-state index is 10.7. The molecule has 0 atom stereocenters. The second-order valence-electron chi connectivity index (χ2n) is 2.97. The van der Waals surface area contributed by atoms with Crippen LogP contribution in [0.1, 0.15) is 19.3 Å². The maximum Gasteiger partial charge on any atom is 0.236 e. The maximum atomic E-state index is 10.7. The van der Waals surface area contributed by atoms with E-state index in [9.17, 15) is 4.79 Å². The number of piperidine rings is 1. The fourth-order valence-electron chi connectivity index (χ4n) is 1.42. The molecule has 0 aromatic rings. The second kappa shape index (κ2) is 4.45. The molecule has 1 aliphatic heterocycles. The van der Waals surface area contributed by atoms with Crippen LogP contribution in [0, 0.1) is 11.5 Å². The quantitative estimate of drug-likeness (QED) is 0.599. The molecule has 1 rings (SSSR count). The first-order valence-corrected chi connectivity index (χ1v) is 4.23. The van der Waals surface area contributed by atoms with E-state index < -0.39 is 0 Å². The van der Waals surface area contributed by atoms with Crippen molar-refractivity contribution in [2.24, 2.45) is 10.7 Å². The minimum atomic E-state index is -0.382. The topological polar surface area (TPSA) is 82.5 Å². The lowest BCUT2D eigenvalue weighted by molar-refractivity contribution is -0.118. The van der Waals surface area contributed by atoms with E-state index in [1.165, 1.54) is 0 Å². The molecule has 0 spiro atoms. The van der Waals surface area contributed by atoms with E-state index in [-0.39, 0.29) is 12.5 Å². The number of primary amides is 1. The Bertz CT molecular complexity index is 266. The molecule has 0 radical (unpaired) electrons. The molecule has 0 aromatic carbocycles. The number of nitriles is 1. The summed E-state index contributed by atoms with van der Waals surface area (Å²) in [5.41, 5.74) is 5.06. The van der Waals surface area contributed by atoms with Crippen LogP contribution in [0.2, 0.25) is 0 Å². The number of hydrogen-bond acceptors (Lipinski definition) is 3. The summed E-state index contributed by atoms with van der Waals surface area (Å²) in [7, 11) is 0. The van der Waals surface area contributed by atoms with Gasteiger partial charge in [-0.2, -0.15) is 10.3 Å². The molecule has 13 heavy (non-hydrogen) atoms. The van der Waals surface area contributed by atoms with E-state index in [4.69, 9.17) is 11.0 Å². The molecule has 0 saturated carbocycles. The van der Waals surface area contributed by atoms with Gasteiger partial charge in [-0.1, -0.05) is 0 Å². The first-order valence-electron chi connectivity index (χ1n) is 4.23. The van der Waals surface area contributed by atoms with Crippen molar-refractivity contribution in [3.05, 3.63) is 0 Å². The molecule has 2 N–H and O–H groups in total. The smallest absolute Gasteiger partial charge is 0.236 e. The molecule has 1 amide bonds. The van der Waals surface area contributed by atoms with E-state index in [1.54, 1.807) is 11.1 Å². The molecule has 1 heterocycles. The third kappa shape index (κ3) is 2.75. The summed E-state index contributed by atoms with van der Waals surface area (Å²) in [5, 5.41) is 8.39. The molecule has 5 heteroatoms. The SMILES string of the molecule is N#CN=C1CCCCN1CC(N)=O. The molecule has 1 saturated heterocycles. The Balaban J connectivity index is 2.63. The zero-order chi connectivity index (χ0) is 9.68. The summed E-state index contributed by atoms with van der Waals surface area (Å²) in [4.78, 5) is 16.1. The van der Waals surface area contributed by atoms with Gasteiger partial charge in [-0.15, -0.1) is 0 Å². The van der Waals surface area contributed by atoms with Gasteiger partial charge in [0.25, 0.3) is 0 Å². The highest BCUT2D eigenvalue weighted by Crippen LogP contribution is 2.11. The van der Waals surface area contributed by atoms with Crippen LogP contribution in [0.4, 0.5) is 0 Å². The lowest BCUT2D eigenvalue weighted by atomic mass is 10.1. The van der Waals surface area contributed by atoms with Crippen LogP contribution in [0.3, 0.4) is 0 Å². The van der Waals surface area contributed by atoms with Crippen LogP contribution < -0.4 is 5.73 Å². The highest BCUT2D eigenvalue weighted by molar-refractivity contribution is 5.88. The van der Waals surface area contributed by atoms with Crippen LogP contribution in [0.15, 0.2) is 4.99 Å². The summed E-state index contributed by atoms with van der Waals surface area (Å²) in [6, 6.07) is 0. The van der Waals surface area contributed by atoms with Crippen LogP contribution >= 0.6 is 0 Å². The summed E-state index contributed by atoms with van der Waals surface area (Å²) in [5.74, 6) is 0.306. The van der Waals surface area contributed by atoms with Gasteiger partial charge in [-0.25, -0.2) is 0 Å². The van der Waals surface area contributed by atoms with Gasteiger partial charge in [0, 0.05) is 13.0 Å². The van der Waals surface area contributed by atoms with E-state index in [0.29, 0.717) is 5.84 Å². The van der Waals surface area contributed by atoms with E-state index in [1.807, 2.05) is 0 Å². The molecule has 5 nitrogen and oxygen atoms in total. The average Bonchev–Trinajstić information content (AvgIpc) is 2.08. The standard InChI is InChI=1S/C8H12N4O/c9-6-11-8-3-1-2-4-12(8)5-7(10)13/h1-5H2,(H2,10,13). The van der Waals surface area contributed by atoms with Crippen LogP contribution in [-0.2, 0) is 4.79 Å². The zero-order valence-electron chi connectivity index (χ0n) is 7.36. The Morgan fingerprint density at radius 3 is 3.08 bits per heavy atom. The van der Waals surface area contributed by atoms with Crippen molar-refractivity contribution >= 4 is 11.7 Å². The Labute approximate surface area is 76.8 Å². The number of amidine groups is 1. The lowest BCUT2D eigenvalue weighted by Gasteiger charge is -2.28. The molecular weight excluding hydrogens is 168 g/mol. The summed E-state index contributed by atoms with van der Waals surface area (Å²) in [6.07, 6.45) is 4.55. The number of aliphatic imine (C=N–C) groups is 1. The lowest BCUT2D eigenvalue weighted by Crippen LogP contribution is -2.41. The van der Waals surface area contributed by atoms with Crippen molar-refractivity contribution in [1.82, 2.24) is 4.90 Å². The van der Waals surface area contributed by atoms with Gasteiger partial charge >= 0.3 is 0 Å². The van der Waals surface area contributed by atoms with E-state index in [0.717, 1.165) is 25.8 Å². The number of nitrogens with two attached hydrogens (primary N) is 1. The number of carbonyl (C=O) groups excluding carboxylic acids is 1. The molecule has 0 aliphatic carbocycles. The molecule has 0 aromatic heterocycles. The monoisotopic (exact) mass is 180 g/mol.